The Bertz CT molecular complexity index is 835. The molecule has 0 bridgehead atoms. The first-order chi connectivity index (χ1) is 11.0. The van der Waals surface area contributed by atoms with Crippen LogP contribution < -0.4 is 4.90 Å². The van der Waals surface area contributed by atoms with Crippen molar-refractivity contribution in [2.24, 2.45) is 7.05 Å². The average molecular weight is 342 g/mol. The first kappa shape index (κ1) is 15.7. The van der Waals surface area contributed by atoms with Crippen molar-refractivity contribution in [1.82, 2.24) is 4.57 Å². The van der Waals surface area contributed by atoms with Gasteiger partial charge >= 0.3 is 0 Å². The number of thioether (sulfide) groups is 1. The van der Waals surface area contributed by atoms with Crippen LogP contribution in [0.25, 0.3) is 6.08 Å². The summed E-state index contributed by atoms with van der Waals surface area (Å²) in [6, 6.07) is 10.8. The summed E-state index contributed by atoms with van der Waals surface area (Å²) in [5.74, 6) is -0.151. The zero-order valence-electron chi connectivity index (χ0n) is 12.6. The summed E-state index contributed by atoms with van der Waals surface area (Å²) >= 11 is 6.63. The van der Waals surface area contributed by atoms with Crippen LogP contribution in [0.4, 0.5) is 5.69 Å². The van der Waals surface area contributed by atoms with Crippen molar-refractivity contribution in [2.75, 3.05) is 4.90 Å². The van der Waals surface area contributed by atoms with Crippen molar-refractivity contribution in [1.29, 1.82) is 0 Å². The second-order valence-corrected chi connectivity index (χ2v) is 6.84. The van der Waals surface area contributed by atoms with E-state index in [0.717, 1.165) is 5.69 Å². The summed E-state index contributed by atoms with van der Waals surface area (Å²) in [5, 5.41) is 0. The molecule has 1 aliphatic heterocycles. The van der Waals surface area contributed by atoms with Gasteiger partial charge in [0.25, 0.3) is 5.91 Å². The van der Waals surface area contributed by atoms with Crippen molar-refractivity contribution >= 4 is 51.8 Å². The zero-order valence-corrected chi connectivity index (χ0v) is 14.3. The first-order valence-electron chi connectivity index (χ1n) is 6.97. The highest BCUT2D eigenvalue weighted by molar-refractivity contribution is 8.27. The fraction of sp³-hybridized carbons (Fsp3) is 0.118. The van der Waals surface area contributed by atoms with Crippen LogP contribution in [0.3, 0.4) is 0 Å². The predicted octanol–water partition coefficient (Wildman–Crippen LogP) is 3.63. The minimum Gasteiger partial charge on any atom is -0.351 e. The maximum atomic E-state index is 12.6. The molecule has 116 valence electrons. The van der Waals surface area contributed by atoms with Crippen molar-refractivity contribution in [3.63, 3.8) is 0 Å². The Labute approximate surface area is 143 Å². The predicted molar refractivity (Wildman–Crippen MR) is 97.5 cm³/mol. The Morgan fingerprint density at radius 1 is 1.22 bits per heavy atom. The molecule has 0 aliphatic carbocycles. The van der Waals surface area contributed by atoms with E-state index in [1.54, 1.807) is 24.3 Å². The Hall–Kier alpha value is -2.18. The van der Waals surface area contributed by atoms with E-state index in [0.29, 0.717) is 20.5 Å². The SMILES string of the molecule is CC(=O)c1ccc(N2C(=O)C(=Cc3cccn3C)SC2=S)cc1. The molecule has 1 aliphatic rings. The number of amides is 1. The Morgan fingerprint density at radius 2 is 1.91 bits per heavy atom. The number of thiocarbonyl (C=S) groups is 1. The van der Waals surface area contributed by atoms with E-state index < -0.39 is 0 Å². The number of aryl methyl sites for hydroxylation is 1. The van der Waals surface area contributed by atoms with Gasteiger partial charge in [-0.1, -0.05) is 24.0 Å². The molecule has 1 fully saturated rings. The maximum absolute atomic E-state index is 12.6. The van der Waals surface area contributed by atoms with Crippen LogP contribution in [-0.4, -0.2) is 20.6 Å². The van der Waals surface area contributed by atoms with E-state index in [1.807, 2.05) is 36.0 Å². The number of carbonyl (C=O) groups excluding carboxylic acids is 2. The van der Waals surface area contributed by atoms with Gasteiger partial charge in [0.1, 0.15) is 0 Å². The number of carbonyl (C=O) groups is 2. The number of ketones is 1. The molecule has 0 N–H and O–H groups in total. The first-order valence-corrected chi connectivity index (χ1v) is 8.20. The largest absolute Gasteiger partial charge is 0.351 e. The number of benzene rings is 1. The van der Waals surface area contributed by atoms with Crippen LogP contribution in [0.2, 0.25) is 0 Å². The summed E-state index contributed by atoms with van der Waals surface area (Å²) in [6.07, 6.45) is 3.76. The second-order valence-electron chi connectivity index (χ2n) is 5.16. The third-order valence-corrected chi connectivity index (χ3v) is 4.89. The molecule has 1 amide bonds. The lowest BCUT2D eigenvalue weighted by Gasteiger charge is -2.14. The van der Waals surface area contributed by atoms with E-state index in [2.05, 4.69) is 0 Å². The summed E-state index contributed by atoms with van der Waals surface area (Å²) in [4.78, 5) is 26.1. The van der Waals surface area contributed by atoms with Crippen LogP contribution >= 0.6 is 24.0 Å². The molecule has 2 aromatic rings. The van der Waals surface area contributed by atoms with Gasteiger partial charge in [-0.25, -0.2) is 0 Å². The third kappa shape index (κ3) is 3.00. The maximum Gasteiger partial charge on any atom is 0.270 e. The Balaban J connectivity index is 1.91. The van der Waals surface area contributed by atoms with Crippen LogP contribution in [0.15, 0.2) is 47.5 Å². The van der Waals surface area contributed by atoms with Gasteiger partial charge in [-0.05, 0) is 49.4 Å². The fourth-order valence-electron chi connectivity index (χ4n) is 2.29. The van der Waals surface area contributed by atoms with Crippen LogP contribution in [-0.2, 0) is 11.8 Å². The van der Waals surface area contributed by atoms with Gasteiger partial charge in [-0.2, -0.15) is 0 Å². The molecule has 1 aromatic heterocycles. The molecule has 1 aromatic carbocycles. The van der Waals surface area contributed by atoms with E-state index in [4.69, 9.17) is 12.2 Å². The van der Waals surface area contributed by atoms with Crippen LogP contribution in [0.5, 0.6) is 0 Å². The molecule has 0 spiro atoms. The number of Topliss-reactive ketones (excluding diaryl/α,β-unsaturated/α-hetero) is 1. The molecule has 6 heteroatoms. The summed E-state index contributed by atoms with van der Waals surface area (Å²) in [6.45, 7) is 1.51. The van der Waals surface area contributed by atoms with E-state index in [9.17, 15) is 9.59 Å². The topological polar surface area (TPSA) is 42.3 Å². The van der Waals surface area contributed by atoms with Gasteiger partial charge in [0.15, 0.2) is 10.1 Å². The van der Waals surface area contributed by atoms with Gasteiger partial charge in [0, 0.05) is 24.5 Å². The van der Waals surface area contributed by atoms with Gasteiger partial charge in [-0.3, -0.25) is 14.5 Å². The molecule has 23 heavy (non-hydrogen) atoms. The number of aromatic nitrogens is 1. The van der Waals surface area contributed by atoms with Crippen molar-refractivity contribution in [3.8, 4) is 0 Å². The third-order valence-electron chi connectivity index (χ3n) is 3.59. The van der Waals surface area contributed by atoms with Crippen molar-refractivity contribution in [2.45, 2.75) is 6.92 Å². The highest BCUT2D eigenvalue weighted by Crippen LogP contribution is 2.36. The standard InChI is InChI=1S/C17H14N2O2S2/c1-11(20)12-5-7-13(8-6-12)19-16(21)15(23-17(19)22)10-14-4-3-9-18(14)2/h3-10H,1-2H3. The average Bonchev–Trinajstić information content (AvgIpc) is 3.04. The number of hydrogen-bond acceptors (Lipinski definition) is 4. The number of rotatable bonds is 3. The van der Waals surface area contributed by atoms with E-state index >= 15 is 0 Å². The van der Waals surface area contributed by atoms with Crippen LogP contribution in [0.1, 0.15) is 23.0 Å². The molecule has 0 atom stereocenters. The highest BCUT2D eigenvalue weighted by atomic mass is 32.2. The monoisotopic (exact) mass is 342 g/mol. The normalized spacial score (nSPS) is 16.4. The minimum absolute atomic E-state index is 0.00876. The zero-order chi connectivity index (χ0) is 16.6. The molecular weight excluding hydrogens is 328 g/mol. The fourth-order valence-corrected chi connectivity index (χ4v) is 3.58. The highest BCUT2D eigenvalue weighted by Gasteiger charge is 2.33. The lowest BCUT2D eigenvalue weighted by Crippen LogP contribution is -2.27. The number of anilines is 1. The molecule has 1 saturated heterocycles. The van der Waals surface area contributed by atoms with Gasteiger partial charge in [-0.15, -0.1) is 0 Å². The molecule has 0 saturated carbocycles. The molecule has 2 heterocycles. The second kappa shape index (κ2) is 6.14. The lowest BCUT2D eigenvalue weighted by molar-refractivity contribution is -0.113. The van der Waals surface area contributed by atoms with Crippen LogP contribution in [0, 0.1) is 0 Å². The summed E-state index contributed by atoms with van der Waals surface area (Å²) < 4.78 is 2.43. The minimum atomic E-state index is -0.142. The van der Waals surface area contributed by atoms with Gasteiger partial charge < -0.3 is 4.57 Å². The molecule has 0 radical (unpaired) electrons. The lowest BCUT2D eigenvalue weighted by atomic mass is 10.1. The van der Waals surface area contributed by atoms with E-state index in [1.165, 1.54) is 23.6 Å². The quantitative estimate of drug-likeness (QED) is 0.485. The van der Waals surface area contributed by atoms with E-state index in [-0.39, 0.29) is 11.7 Å². The Morgan fingerprint density at radius 3 is 2.48 bits per heavy atom. The summed E-state index contributed by atoms with van der Waals surface area (Å²) in [5.41, 5.74) is 2.23. The smallest absolute Gasteiger partial charge is 0.270 e. The molecule has 4 nitrogen and oxygen atoms in total. The molecular formula is C17H14N2O2S2. The van der Waals surface area contributed by atoms with Gasteiger partial charge in [0.2, 0.25) is 0 Å². The summed E-state index contributed by atoms with van der Waals surface area (Å²) in [7, 11) is 1.92. The van der Waals surface area contributed by atoms with Crippen molar-refractivity contribution in [3.05, 3.63) is 58.8 Å². The molecule has 3 rings (SSSR count). The Kier molecular flexibility index (Phi) is 4.19. The van der Waals surface area contributed by atoms with Gasteiger partial charge in [0.05, 0.1) is 10.6 Å². The molecule has 0 unspecified atom stereocenters. The number of nitrogens with zero attached hydrogens (tertiary/aromatic N) is 2. The number of hydrogen-bond donors (Lipinski definition) is 0. The van der Waals surface area contributed by atoms with Crippen molar-refractivity contribution < 1.29 is 9.59 Å².